The van der Waals surface area contributed by atoms with Crippen LogP contribution in [0.5, 0.6) is 5.75 Å². The lowest BCUT2D eigenvalue weighted by molar-refractivity contribution is 0.0968. The maximum Gasteiger partial charge on any atom is 0.343 e. The minimum atomic E-state index is -3.98. The molecule has 0 saturated heterocycles. The van der Waals surface area contributed by atoms with Gasteiger partial charge >= 0.3 is 5.63 Å². The number of ketones is 1. The second kappa shape index (κ2) is 9.54. The number of nitrogens with one attached hydrogen (secondary N) is 1. The average molecular weight is 512 g/mol. The van der Waals surface area contributed by atoms with E-state index in [4.69, 9.17) is 4.42 Å². The maximum atomic E-state index is 13.2. The Bertz CT molecular complexity index is 1480. The van der Waals surface area contributed by atoms with Gasteiger partial charge in [-0.25, -0.2) is 17.6 Å². The van der Waals surface area contributed by atoms with Crippen LogP contribution >= 0.6 is 0 Å². The second-order valence-corrected chi connectivity index (χ2v) is 11.1. The molecule has 1 heterocycles. The smallest absolute Gasteiger partial charge is 0.343 e. The van der Waals surface area contributed by atoms with E-state index in [-0.39, 0.29) is 51.3 Å². The molecule has 5 rings (SSSR count). The lowest BCUT2D eigenvalue weighted by Gasteiger charge is -2.21. The zero-order chi connectivity index (χ0) is 25.4. The van der Waals surface area contributed by atoms with Gasteiger partial charge in [-0.2, -0.15) is 0 Å². The van der Waals surface area contributed by atoms with Crippen molar-refractivity contribution in [3.05, 3.63) is 87.2 Å². The van der Waals surface area contributed by atoms with Crippen LogP contribution in [0.2, 0.25) is 0 Å². The molecule has 3 aromatic rings. The van der Waals surface area contributed by atoms with Crippen LogP contribution in [0.25, 0.3) is 0 Å². The Morgan fingerprint density at radius 2 is 1.72 bits per heavy atom. The number of aromatic hydroxyl groups is 1. The first kappa shape index (κ1) is 24.2. The van der Waals surface area contributed by atoms with Crippen molar-refractivity contribution in [1.29, 1.82) is 0 Å². The molecule has 0 aliphatic heterocycles. The zero-order valence-electron chi connectivity index (χ0n) is 19.5. The first-order valence-corrected chi connectivity index (χ1v) is 13.5. The Kier molecular flexibility index (Phi) is 6.42. The van der Waals surface area contributed by atoms with Gasteiger partial charge in [0.2, 0.25) is 0 Å². The fourth-order valence-electron chi connectivity index (χ4n) is 4.92. The van der Waals surface area contributed by atoms with Gasteiger partial charge in [-0.15, -0.1) is 0 Å². The molecule has 0 amide bonds. The van der Waals surface area contributed by atoms with Gasteiger partial charge in [0.05, 0.1) is 16.0 Å². The summed E-state index contributed by atoms with van der Waals surface area (Å²) in [6.45, 7) is 0. The van der Waals surface area contributed by atoms with E-state index in [0.717, 1.165) is 37.8 Å². The number of rotatable bonds is 6. The Morgan fingerprint density at radius 3 is 2.44 bits per heavy atom. The van der Waals surface area contributed by atoms with Crippen molar-refractivity contribution in [2.45, 2.75) is 55.8 Å². The fraction of sp³-hybridized carbons (Fsp3) is 0.333. The van der Waals surface area contributed by atoms with Gasteiger partial charge in [-0.3, -0.25) is 9.52 Å². The predicted octanol–water partition coefficient (Wildman–Crippen LogP) is 5.13. The minimum absolute atomic E-state index is 0.0451. The molecule has 2 aliphatic carbocycles. The highest BCUT2D eigenvalue weighted by Crippen LogP contribution is 2.49. The Balaban J connectivity index is 1.54. The van der Waals surface area contributed by atoms with Crippen LogP contribution in [0.15, 0.2) is 62.6 Å². The van der Waals surface area contributed by atoms with Crippen molar-refractivity contribution in [2.75, 3.05) is 4.72 Å². The molecule has 0 bridgehead atoms. The number of benzene rings is 2. The van der Waals surface area contributed by atoms with E-state index in [1.807, 2.05) is 0 Å². The second-order valence-electron chi connectivity index (χ2n) is 9.43. The summed E-state index contributed by atoms with van der Waals surface area (Å²) in [5.41, 5.74) is 0.354. The number of anilines is 1. The van der Waals surface area contributed by atoms with Crippen LogP contribution in [0.3, 0.4) is 0 Å². The summed E-state index contributed by atoms with van der Waals surface area (Å²) in [6.07, 6.45) is 4.67. The van der Waals surface area contributed by atoms with Crippen LogP contribution in [0.1, 0.15) is 71.7 Å². The van der Waals surface area contributed by atoms with E-state index in [1.165, 1.54) is 12.1 Å². The molecule has 1 fully saturated rings. The quantitative estimate of drug-likeness (QED) is 0.475. The molecule has 9 heteroatoms. The Morgan fingerprint density at radius 1 is 1.00 bits per heavy atom. The van der Waals surface area contributed by atoms with E-state index < -0.39 is 27.4 Å². The summed E-state index contributed by atoms with van der Waals surface area (Å²) >= 11 is 0. The molecular weight excluding hydrogens is 485 g/mol. The van der Waals surface area contributed by atoms with E-state index in [2.05, 4.69) is 4.72 Å². The molecule has 36 heavy (non-hydrogen) atoms. The highest BCUT2D eigenvalue weighted by Gasteiger charge is 2.39. The highest BCUT2D eigenvalue weighted by molar-refractivity contribution is 7.92. The summed E-state index contributed by atoms with van der Waals surface area (Å²) in [7, 11) is -3.98. The molecule has 0 radical (unpaired) electrons. The van der Waals surface area contributed by atoms with E-state index in [0.29, 0.717) is 18.4 Å². The van der Waals surface area contributed by atoms with Crippen molar-refractivity contribution in [3.8, 4) is 5.75 Å². The van der Waals surface area contributed by atoms with Gasteiger partial charge in [0.25, 0.3) is 10.0 Å². The monoisotopic (exact) mass is 511 g/mol. The van der Waals surface area contributed by atoms with Gasteiger partial charge in [0, 0.05) is 24.4 Å². The van der Waals surface area contributed by atoms with Crippen molar-refractivity contribution >= 4 is 21.5 Å². The van der Waals surface area contributed by atoms with Gasteiger partial charge in [0.15, 0.2) is 5.78 Å². The summed E-state index contributed by atoms with van der Waals surface area (Å²) < 4.78 is 46.9. The van der Waals surface area contributed by atoms with Gasteiger partial charge in [-0.1, -0.05) is 18.6 Å². The SMILES string of the molecule is O=C1CCCCCc2oc(=O)c(C(c3cccc(NS(=O)(=O)c4ccc(F)cc4)c3)C3CC3)c(O)c21. The summed E-state index contributed by atoms with van der Waals surface area (Å²) in [6, 6.07) is 11.1. The number of carbonyl (C=O) groups is 1. The first-order chi connectivity index (χ1) is 17.2. The molecule has 1 unspecified atom stereocenters. The standard InChI is InChI=1S/C27H26FNO6S/c28-18-11-13-20(14-12-18)36(33,34)29-19-6-4-5-17(15-19)23(16-9-10-16)25-26(31)24-21(30)7-2-1-3-8-22(24)35-27(25)32/h4-6,11-16,23,29,31H,1-3,7-10H2. The summed E-state index contributed by atoms with van der Waals surface area (Å²) in [5.74, 6) is -1.37. The van der Waals surface area contributed by atoms with E-state index in [1.54, 1.807) is 24.3 Å². The molecule has 2 N–H and O–H groups in total. The lowest BCUT2D eigenvalue weighted by Crippen LogP contribution is -2.21. The van der Waals surface area contributed by atoms with Crippen LogP contribution in [-0.2, 0) is 16.4 Å². The van der Waals surface area contributed by atoms with Crippen molar-refractivity contribution in [2.24, 2.45) is 5.92 Å². The lowest BCUT2D eigenvalue weighted by atomic mass is 9.85. The van der Waals surface area contributed by atoms with Crippen molar-refractivity contribution in [1.82, 2.24) is 0 Å². The number of sulfonamides is 1. The van der Waals surface area contributed by atoms with Gasteiger partial charge < -0.3 is 9.52 Å². The number of Topliss-reactive ketones (excluding diaryl/α,β-unsaturated/α-hetero) is 1. The zero-order valence-corrected chi connectivity index (χ0v) is 20.3. The predicted molar refractivity (Wildman–Crippen MR) is 131 cm³/mol. The third kappa shape index (κ3) is 4.80. The van der Waals surface area contributed by atoms with Gasteiger partial charge in [-0.05, 0) is 73.6 Å². The average Bonchev–Trinajstić information content (AvgIpc) is 3.65. The third-order valence-corrected chi connectivity index (χ3v) is 8.22. The fourth-order valence-corrected chi connectivity index (χ4v) is 5.97. The molecule has 1 saturated carbocycles. The topological polar surface area (TPSA) is 114 Å². The molecule has 1 aromatic heterocycles. The van der Waals surface area contributed by atoms with Crippen LogP contribution < -0.4 is 10.3 Å². The molecular formula is C27H26FNO6S. The van der Waals surface area contributed by atoms with E-state index in [9.17, 15) is 27.5 Å². The van der Waals surface area contributed by atoms with Crippen LogP contribution in [-0.4, -0.2) is 19.3 Å². The number of hydrogen-bond donors (Lipinski definition) is 2. The Labute approximate surface area is 208 Å². The number of halogens is 1. The highest BCUT2D eigenvalue weighted by atomic mass is 32.2. The third-order valence-electron chi connectivity index (χ3n) is 6.82. The summed E-state index contributed by atoms with van der Waals surface area (Å²) in [4.78, 5) is 25.9. The first-order valence-electron chi connectivity index (χ1n) is 12.0. The largest absolute Gasteiger partial charge is 0.506 e. The van der Waals surface area contributed by atoms with Gasteiger partial charge in [0.1, 0.15) is 17.3 Å². The normalized spacial score (nSPS) is 17.1. The maximum absolute atomic E-state index is 13.2. The number of fused-ring (bicyclic) bond motifs is 1. The number of carbonyl (C=O) groups excluding carboxylic acids is 1. The number of aryl methyl sites for hydroxylation is 1. The van der Waals surface area contributed by atoms with Crippen molar-refractivity contribution in [3.63, 3.8) is 0 Å². The summed E-state index contributed by atoms with van der Waals surface area (Å²) in [5, 5.41) is 11.2. The Hall–Kier alpha value is -3.46. The van der Waals surface area contributed by atoms with Crippen molar-refractivity contribution < 1.29 is 27.1 Å². The molecule has 188 valence electrons. The molecule has 1 atom stereocenters. The van der Waals surface area contributed by atoms with E-state index >= 15 is 0 Å². The number of hydrogen-bond acceptors (Lipinski definition) is 6. The van der Waals surface area contributed by atoms with Crippen LogP contribution in [0, 0.1) is 11.7 Å². The minimum Gasteiger partial charge on any atom is -0.506 e. The molecule has 2 aromatic carbocycles. The molecule has 0 spiro atoms. The molecule has 7 nitrogen and oxygen atoms in total. The molecule has 2 aliphatic rings. The van der Waals surface area contributed by atoms with Crippen LogP contribution in [0.4, 0.5) is 10.1 Å².